The second-order valence-corrected chi connectivity index (χ2v) is 8.64. The summed E-state index contributed by atoms with van der Waals surface area (Å²) in [6.07, 6.45) is 0.812. The van der Waals surface area contributed by atoms with Crippen LogP contribution in [0.2, 0.25) is 0 Å². The number of nitrogens with zero attached hydrogens (tertiary/aromatic N) is 4. The Morgan fingerprint density at radius 1 is 1.11 bits per heavy atom. The topological polar surface area (TPSA) is 113 Å². The van der Waals surface area contributed by atoms with Gasteiger partial charge in [0.15, 0.2) is 0 Å². The standard InChI is InChI=1S/C27H29FN4O4/c28-22-4-1-19(2-5-22)26-16-31(17-27(35)20-3-6-23(18-34)30-15-20)9-10-32(26)25-8-7-24(36-12-11-33)13-21(25)14-29/h1-8,13,15,26-27,33-35H,9-12,16-18H2/t26-,27+/m0/s1. The van der Waals surface area contributed by atoms with Crippen LogP contribution in [0.25, 0.3) is 0 Å². The third-order valence-electron chi connectivity index (χ3n) is 6.30. The first kappa shape index (κ1) is 25.5. The highest BCUT2D eigenvalue weighted by atomic mass is 19.1. The third kappa shape index (κ3) is 5.98. The SMILES string of the molecule is N#Cc1cc(OCCO)ccc1N1CCN(C[C@@H](O)c2ccc(CO)nc2)C[C@H]1c1ccc(F)cc1. The van der Waals surface area contributed by atoms with Crippen molar-refractivity contribution in [1.29, 1.82) is 5.26 Å². The molecule has 1 fully saturated rings. The Hall–Kier alpha value is -3.55. The summed E-state index contributed by atoms with van der Waals surface area (Å²) in [4.78, 5) is 8.42. The van der Waals surface area contributed by atoms with E-state index in [9.17, 15) is 19.9 Å². The zero-order valence-electron chi connectivity index (χ0n) is 19.8. The van der Waals surface area contributed by atoms with Crippen LogP contribution in [0.5, 0.6) is 5.75 Å². The highest BCUT2D eigenvalue weighted by molar-refractivity contribution is 5.63. The smallest absolute Gasteiger partial charge is 0.123 e. The van der Waals surface area contributed by atoms with Crippen LogP contribution in [0.15, 0.2) is 60.8 Å². The molecule has 188 valence electrons. The van der Waals surface area contributed by atoms with Crippen LogP contribution in [0.1, 0.15) is 34.5 Å². The number of aromatic nitrogens is 1. The molecule has 1 aliphatic heterocycles. The molecule has 0 unspecified atom stereocenters. The van der Waals surface area contributed by atoms with Gasteiger partial charge in [-0.15, -0.1) is 0 Å². The fourth-order valence-corrected chi connectivity index (χ4v) is 4.45. The van der Waals surface area contributed by atoms with Crippen molar-refractivity contribution < 1.29 is 24.4 Å². The molecule has 36 heavy (non-hydrogen) atoms. The van der Waals surface area contributed by atoms with E-state index in [1.165, 1.54) is 12.1 Å². The lowest BCUT2D eigenvalue weighted by Crippen LogP contribution is -2.49. The Kier molecular flexibility index (Phi) is 8.46. The van der Waals surface area contributed by atoms with Crippen LogP contribution in [-0.4, -0.2) is 64.6 Å². The Balaban J connectivity index is 1.57. The van der Waals surface area contributed by atoms with Gasteiger partial charge in [0.1, 0.15) is 24.2 Å². The summed E-state index contributed by atoms with van der Waals surface area (Å²) >= 11 is 0. The van der Waals surface area contributed by atoms with E-state index >= 15 is 0 Å². The zero-order chi connectivity index (χ0) is 25.5. The number of hydrogen-bond acceptors (Lipinski definition) is 8. The lowest BCUT2D eigenvalue weighted by atomic mass is 9.99. The molecular weight excluding hydrogens is 463 g/mol. The van der Waals surface area contributed by atoms with Crippen molar-refractivity contribution in [3.05, 3.63) is 89.0 Å². The summed E-state index contributed by atoms with van der Waals surface area (Å²) in [7, 11) is 0. The molecule has 2 heterocycles. The van der Waals surface area contributed by atoms with E-state index in [0.717, 1.165) is 11.3 Å². The maximum absolute atomic E-state index is 13.7. The van der Waals surface area contributed by atoms with Gasteiger partial charge in [-0.1, -0.05) is 18.2 Å². The number of hydrogen-bond donors (Lipinski definition) is 3. The molecule has 1 saturated heterocycles. The Morgan fingerprint density at radius 2 is 1.92 bits per heavy atom. The van der Waals surface area contributed by atoms with E-state index in [1.54, 1.807) is 42.6 Å². The molecule has 4 rings (SSSR count). The number of anilines is 1. The molecule has 0 saturated carbocycles. The molecule has 2 atom stereocenters. The number of rotatable bonds is 9. The van der Waals surface area contributed by atoms with Gasteiger partial charge in [-0.05, 0) is 42.0 Å². The van der Waals surface area contributed by atoms with Gasteiger partial charge >= 0.3 is 0 Å². The molecule has 0 spiro atoms. The number of halogens is 1. The molecule has 0 amide bonds. The summed E-state index contributed by atoms with van der Waals surface area (Å²) in [5, 5.41) is 38.9. The van der Waals surface area contributed by atoms with Crippen molar-refractivity contribution in [2.45, 2.75) is 18.8 Å². The normalized spacial score (nSPS) is 17.0. The monoisotopic (exact) mass is 492 g/mol. The molecule has 3 aromatic rings. The van der Waals surface area contributed by atoms with Crippen LogP contribution >= 0.6 is 0 Å². The minimum Gasteiger partial charge on any atom is -0.491 e. The summed E-state index contributed by atoms with van der Waals surface area (Å²) in [6.45, 7) is 2.03. The molecule has 1 aromatic heterocycles. The fourth-order valence-electron chi connectivity index (χ4n) is 4.45. The molecule has 0 radical (unpaired) electrons. The summed E-state index contributed by atoms with van der Waals surface area (Å²) in [6, 6.07) is 17.1. The van der Waals surface area contributed by atoms with Gasteiger partial charge in [0, 0.05) is 37.9 Å². The number of ether oxygens (including phenoxy) is 1. The van der Waals surface area contributed by atoms with Crippen molar-refractivity contribution >= 4 is 5.69 Å². The van der Waals surface area contributed by atoms with Crippen LogP contribution < -0.4 is 9.64 Å². The van der Waals surface area contributed by atoms with Gasteiger partial charge in [0.05, 0.1) is 42.3 Å². The van der Waals surface area contributed by atoms with Gasteiger partial charge in [-0.3, -0.25) is 9.88 Å². The molecule has 3 N–H and O–H groups in total. The van der Waals surface area contributed by atoms with E-state index in [4.69, 9.17) is 9.84 Å². The minimum absolute atomic E-state index is 0.119. The average Bonchev–Trinajstić information content (AvgIpc) is 2.92. The second kappa shape index (κ2) is 11.9. The van der Waals surface area contributed by atoms with Crippen molar-refractivity contribution in [3.8, 4) is 11.8 Å². The van der Waals surface area contributed by atoms with Crippen LogP contribution in [0, 0.1) is 17.1 Å². The summed E-state index contributed by atoms with van der Waals surface area (Å²) in [5.74, 6) is 0.181. The van der Waals surface area contributed by atoms with Gasteiger partial charge in [-0.25, -0.2) is 4.39 Å². The molecule has 0 bridgehead atoms. The van der Waals surface area contributed by atoms with Gasteiger partial charge < -0.3 is 25.0 Å². The lowest BCUT2D eigenvalue weighted by Gasteiger charge is -2.44. The van der Waals surface area contributed by atoms with Crippen LogP contribution in [-0.2, 0) is 6.61 Å². The first-order valence-corrected chi connectivity index (χ1v) is 11.8. The van der Waals surface area contributed by atoms with E-state index in [0.29, 0.717) is 48.7 Å². The number of nitriles is 1. The average molecular weight is 493 g/mol. The maximum Gasteiger partial charge on any atom is 0.123 e. The number of piperazine rings is 1. The van der Waals surface area contributed by atoms with E-state index < -0.39 is 6.10 Å². The maximum atomic E-state index is 13.7. The van der Waals surface area contributed by atoms with Crippen molar-refractivity contribution in [2.75, 3.05) is 44.3 Å². The predicted molar refractivity (Wildman–Crippen MR) is 132 cm³/mol. The van der Waals surface area contributed by atoms with Crippen molar-refractivity contribution in [3.63, 3.8) is 0 Å². The van der Waals surface area contributed by atoms with E-state index in [1.807, 2.05) is 6.07 Å². The van der Waals surface area contributed by atoms with E-state index in [2.05, 4.69) is 20.9 Å². The van der Waals surface area contributed by atoms with Gasteiger partial charge in [-0.2, -0.15) is 5.26 Å². The van der Waals surface area contributed by atoms with Crippen molar-refractivity contribution in [1.82, 2.24) is 9.88 Å². The van der Waals surface area contributed by atoms with E-state index in [-0.39, 0.29) is 31.7 Å². The van der Waals surface area contributed by atoms with Crippen LogP contribution in [0.4, 0.5) is 10.1 Å². The number of β-amino-alcohol motifs (C(OH)–C–C–N with tert-alkyl or cyclic N) is 1. The first-order valence-electron chi connectivity index (χ1n) is 11.8. The molecular formula is C27H29FN4O4. The van der Waals surface area contributed by atoms with Crippen molar-refractivity contribution in [2.24, 2.45) is 0 Å². The highest BCUT2D eigenvalue weighted by Crippen LogP contribution is 2.35. The summed E-state index contributed by atoms with van der Waals surface area (Å²) in [5.41, 5.74) is 3.29. The minimum atomic E-state index is -0.761. The number of aliphatic hydroxyl groups excluding tert-OH is 3. The number of pyridine rings is 1. The molecule has 2 aromatic carbocycles. The largest absolute Gasteiger partial charge is 0.491 e. The number of benzene rings is 2. The molecule has 9 heteroatoms. The van der Waals surface area contributed by atoms with Crippen LogP contribution in [0.3, 0.4) is 0 Å². The molecule has 8 nitrogen and oxygen atoms in total. The predicted octanol–water partition coefficient (Wildman–Crippen LogP) is 2.55. The second-order valence-electron chi connectivity index (χ2n) is 8.64. The van der Waals surface area contributed by atoms with Gasteiger partial charge in [0.25, 0.3) is 0 Å². The first-order chi connectivity index (χ1) is 17.5. The quantitative estimate of drug-likeness (QED) is 0.418. The Morgan fingerprint density at radius 3 is 2.58 bits per heavy atom. The highest BCUT2D eigenvalue weighted by Gasteiger charge is 2.31. The molecule has 0 aliphatic carbocycles. The summed E-state index contributed by atoms with van der Waals surface area (Å²) < 4.78 is 19.1. The number of aliphatic hydroxyl groups is 3. The van der Waals surface area contributed by atoms with Gasteiger partial charge in [0.2, 0.25) is 0 Å². The Labute approximate surface area is 209 Å². The fraction of sp³-hybridized carbons (Fsp3) is 0.333. The third-order valence-corrected chi connectivity index (χ3v) is 6.30. The lowest BCUT2D eigenvalue weighted by molar-refractivity contribution is 0.100. The molecule has 1 aliphatic rings. The Bertz CT molecular complexity index is 1180. The zero-order valence-corrected chi connectivity index (χ0v) is 19.8.